The lowest BCUT2D eigenvalue weighted by molar-refractivity contribution is 0.0614. The summed E-state index contributed by atoms with van der Waals surface area (Å²) in [7, 11) is 0. The van der Waals surface area contributed by atoms with E-state index in [9.17, 15) is 0 Å². The molecule has 1 unspecified atom stereocenters. The van der Waals surface area contributed by atoms with Crippen molar-refractivity contribution in [1.29, 1.82) is 0 Å². The lowest BCUT2D eigenvalue weighted by Crippen LogP contribution is -2.34. The lowest BCUT2D eigenvalue weighted by Gasteiger charge is -2.27. The zero-order valence-corrected chi connectivity index (χ0v) is 14.5. The number of halogens is 1. The van der Waals surface area contributed by atoms with Gasteiger partial charge in [0.1, 0.15) is 0 Å². The number of hydrogen-bond acceptors (Lipinski definition) is 3. The monoisotopic (exact) mass is 357 g/mol. The van der Waals surface area contributed by atoms with Crippen LogP contribution in [-0.2, 0) is 4.74 Å². The van der Waals surface area contributed by atoms with Gasteiger partial charge in [-0.05, 0) is 49.9 Å². The van der Waals surface area contributed by atoms with Crippen molar-refractivity contribution < 1.29 is 4.74 Å². The first-order chi connectivity index (χ1) is 9.78. The fraction of sp³-hybridized carbons (Fsp3) is 0.625. The van der Waals surface area contributed by atoms with E-state index in [0.717, 1.165) is 35.9 Å². The Bertz CT molecular complexity index is 396. The molecule has 2 nitrogen and oxygen atoms in total. The molecular weight excluding hydrogens is 334 g/mol. The highest BCUT2D eigenvalue weighted by Gasteiger charge is 2.19. The summed E-state index contributed by atoms with van der Waals surface area (Å²) in [4.78, 5) is 1.34. The van der Waals surface area contributed by atoms with Crippen molar-refractivity contribution >= 4 is 27.7 Å². The van der Waals surface area contributed by atoms with Gasteiger partial charge in [-0.1, -0.05) is 28.9 Å². The zero-order chi connectivity index (χ0) is 14.2. The van der Waals surface area contributed by atoms with Gasteiger partial charge < -0.3 is 10.1 Å². The summed E-state index contributed by atoms with van der Waals surface area (Å²) in [6.07, 6.45) is 3.73. The highest BCUT2D eigenvalue weighted by Crippen LogP contribution is 2.26. The molecule has 1 aromatic carbocycles. The number of nitrogens with one attached hydrogen (secondary N) is 1. The number of ether oxygens (including phenoxy) is 1. The molecule has 0 aliphatic carbocycles. The van der Waals surface area contributed by atoms with Gasteiger partial charge in [0, 0.05) is 34.4 Å². The van der Waals surface area contributed by atoms with E-state index in [1.54, 1.807) is 0 Å². The Balaban J connectivity index is 1.81. The fourth-order valence-corrected chi connectivity index (χ4v) is 4.22. The first kappa shape index (κ1) is 16.3. The Kier molecular flexibility index (Phi) is 7.42. The van der Waals surface area contributed by atoms with E-state index in [-0.39, 0.29) is 0 Å². The molecule has 1 heterocycles. The average Bonchev–Trinajstić information content (AvgIpc) is 2.46. The van der Waals surface area contributed by atoms with Crippen LogP contribution < -0.4 is 5.32 Å². The van der Waals surface area contributed by atoms with Gasteiger partial charge >= 0.3 is 0 Å². The van der Waals surface area contributed by atoms with Gasteiger partial charge in [0.2, 0.25) is 0 Å². The van der Waals surface area contributed by atoms with E-state index in [4.69, 9.17) is 4.74 Å². The van der Waals surface area contributed by atoms with E-state index in [0.29, 0.717) is 6.04 Å². The van der Waals surface area contributed by atoms with E-state index in [1.165, 1.54) is 24.2 Å². The number of rotatable bonds is 7. The number of hydrogen-bond donors (Lipinski definition) is 1. The summed E-state index contributed by atoms with van der Waals surface area (Å²) >= 11 is 5.48. The SMILES string of the molecule is CCNC(CSc1cccc(Br)c1)CC1CCOCC1. The second kappa shape index (κ2) is 9.08. The van der Waals surface area contributed by atoms with Crippen molar-refractivity contribution in [2.45, 2.75) is 37.1 Å². The molecule has 0 bridgehead atoms. The van der Waals surface area contributed by atoms with Crippen LogP contribution in [0.4, 0.5) is 0 Å². The van der Waals surface area contributed by atoms with Crippen molar-refractivity contribution in [2.75, 3.05) is 25.5 Å². The summed E-state index contributed by atoms with van der Waals surface area (Å²) in [5, 5.41) is 3.64. The van der Waals surface area contributed by atoms with Crippen molar-refractivity contribution in [3.05, 3.63) is 28.7 Å². The van der Waals surface area contributed by atoms with Crippen LogP contribution in [0.25, 0.3) is 0 Å². The van der Waals surface area contributed by atoms with Crippen LogP contribution in [-0.4, -0.2) is 31.6 Å². The van der Waals surface area contributed by atoms with Gasteiger partial charge in [-0.2, -0.15) is 0 Å². The maximum Gasteiger partial charge on any atom is 0.0468 e. The second-order valence-electron chi connectivity index (χ2n) is 5.31. The molecule has 112 valence electrons. The van der Waals surface area contributed by atoms with Crippen molar-refractivity contribution in [2.24, 2.45) is 5.92 Å². The summed E-state index contributed by atoms with van der Waals surface area (Å²) in [6, 6.07) is 9.17. The van der Waals surface area contributed by atoms with E-state index >= 15 is 0 Å². The standard InChI is InChI=1S/C16H24BrNOS/c1-2-18-15(10-13-6-8-19-9-7-13)12-20-16-5-3-4-14(17)11-16/h3-5,11,13,15,18H,2,6-10,12H2,1H3. The van der Waals surface area contributed by atoms with Gasteiger partial charge in [-0.15, -0.1) is 11.8 Å². The van der Waals surface area contributed by atoms with Gasteiger partial charge in [0.25, 0.3) is 0 Å². The molecule has 1 fully saturated rings. The Morgan fingerprint density at radius 3 is 2.90 bits per heavy atom. The first-order valence-electron chi connectivity index (χ1n) is 7.47. The summed E-state index contributed by atoms with van der Waals surface area (Å²) < 4.78 is 6.61. The van der Waals surface area contributed by atoms with Crippen LogP contribution in [0.1, 0.15) is 26.2 Å². The molecular formula is C16H24BrNOS. The van der Waals surface area contributed by atoms with Crippen molar-refractivity contribution in [3.63, 3.8) is 0 Å². The first-order valence-corrected chi connectivity index (χ1v) is 9.25. The molecule has 1 aliphatic rings. The smallest absolute Gasteiger partial charge is 0.0468 e. The van der Waals surface area contributed by atoms with Crippen LogP contribution in [0, 0.1) is 5.92 Å². The van der Waals surface area contributed by atoms with Gasteiger partial charge in [-0.3, -0.25) is 0 Å². The third kappa shape index (κ3) is 5.76. The van der Waals surface area contributed by atoms with E-state index in [2.05, 4.69) is 52.4 Å². The predicted molar refractivity (Wildman–Crippen MR) is 90.5 cm³/mol. The van der Waals surface area contributed by atoms with Crippen LogP contribution in [0.15, 0.2) is 33.6 Å². The molecule has 1 atom stereocenters. The minimum absolute atomic E-state index is 0.604. The Morgan fingerprint density at radius 1 is 1.40 bits per heavy atom. The van der Waals surface area contributed by atoms with Crippen LogP contribution >= 0.6 is 27.7 Å². The Morgan fingerprint density at radius 2 is 2.20 bits per heavy atom. The molecule has 20 heavy (non-hydrogen) atoms. The largest absolute Gasteiger partial charge is 0.381 e. The molecule has 1 aliphatic heterocycles. The van der Waals surface area contributed by atoms with E-state index < -0.39 is 0 Å². The third-order valence-corrected chi connectivity index (χ3v) is 5.35. The highest BCUT2D eigenvalue weighted by atomic mass is 79.9. The highest BCUT2D eigenvalue weighted by molar-refractivity contribution is 9.10. The molecule has 0 aromatic heterocycles. The Hall–Kier alpha value is -0.0300. The summed E-state index contributed by atoms with van der Waals surface area (Å²) in [5.74, 6) is 1.97. The minimum Gasteiger partial charge on any atom is -0.381 e. The maximum atomic E-state index is 5.45. The molecule has 1 N–H and O–H groups in total. The van der Waals surface area contributed by atoms with Crippen molar-refractivity contribution in [1.82, 2.24) is 5.32 Å². The van der Waals surface area contributed by atoms with Crippen LogP contribution in [0.2, 0.25) is 0 Å². The topological polar surface area (TPSA) is 21.3 Å². The van der Waals surface area contributed by atoms with Crippen LogP contribution in [0.3, 0.4) is 0 Å². The average molecular weight is 358 g/mol. The minimum atomic E-state index is 0.604. The fourth-order valence-electron chi connectivity index (χ4n) is 2.64. The third-order valence-electron chi connectivity index (χ3n) is 3.70. The molecule has 1 saturated heterocycles. The Labute approximate surface area is 135 Å². The number of thioether (sulfide) groups is 1. The molecule has 1 aromatic rings. The van der Waals surface area contributed by atoms with Crippen molar-refractivity contribution in [3.8, 4) is 0 Å². The zero-order valence-electron chi connectivity index (χ0n) is 12.1. The normalized spacial score (nSPS) is 18.1. The maximum absolute atomic E-state index is 5.45. The summed E-state index contributed by atoms with van der Waals surface area (Å²) in [5.41, 5.74) is 0. The van der Waals surface area contributed by atoms with Crippen LogP contribution in [0.5, 0.6) is 0 Å². The molecule has 0 amide bonds. The molecule has 0 spiro atoms. The lowest BCUT2D eigenvalue weighted by atomic mass is 9.93. The predicted octanol–water partition coefficient (Wildman–Crippen LogP) is 4.34. The van der Waals surface area contributed by atoms with Gasteiger partial charge in [0.15, 0.2) is 0 Å². The van der Waals surface area contributed by atoms with Gasteiger partial charge in [-0.25, -0.2) is 0 Å². The molecule has 2 rings (SSSR count). The number of benzene rings is 1. The quantitative estimate of drug-likeness (QED) is 0.733. The molecule has 4 heteroatoms. The molecule has 0 radical (unpaired) electrons. The summed E-state index contributed by atoms with van der Waals surface area (Å²) in [6.45, 7) is 5.14. The molecule has 0 saturated carbocycles. The second-order valence-corrected chi connectivity index (χ2v) is 7.32. The van der Waals surface area contributed by atoms with Gasteiger partial charge in [0.05, 0.1) is 0 Å². The van der Waals surface area contributed by atoms with E-state index in [1.807, 2.05) is 11.8 Å².